The van der Waals surface area contributed by atoms with E-state index < -0.39 is 30.0 Å². The SMILES string of the molecule is N#Cc1ccc(F)c(CNC(=O)c2cnc(OC(F)F)c(F)c2)c1. The van der Waals surface area contributed by atoms with E-state index in [0.29, 0.717) is 6.07 Å². The molecule has 0 spiro atoms. The van der Waals surface area contributed by atoms with Crippen LogP contribution in [-0.2, 0) is 6.54 Å². The van der Waals surface area contributed by atoms with E-state index in [1.807, 2.05) is 6.07 Å². The van der Waals surface area contributed by atoms with Crippen molar-refractivity contribution in [2.24, 2.45) is 0 Å². The number of benzene rings is 1. The van der Waals surface area contributed by atoms with Gasteiger partial charge in [-0.15, -0.1) is 0 Å². The standard InChI is InChI=1S/C15H9F4N3O2/c16-11-2-1-8(5-20)3-9(11)6-21-13(23)10-4-12(17)14(22-7-10)24-15(18)19/h1-4,7,15H,6H2,(H,21,23). The largest absolute Gasteiger partial charge is 0.414 e. The summed E-state index contributed by atoms with van der Waals surface area (Å²) in [6.07, 6.45) is 0.845. The van der Waals surface area contributed by atoms with Crippen LogP contribution in [0.3, 0.4) is 0 Å². The summed E-state index contributed by atoms with van der Waals surface area (Å²) in [6.45, 7) is -3.50. The molecule has 0 aliphatic heterocycles. The first-order valence-corrected chi connectivity index (χ1v) is 6.47. The fraction of sp³-hybridized carbons (Fsp3) is 0.133. The summed E-state index contributed by atoms with van der Waals surface area (Å²) in [5.41, 5.74) is 0.0151. The zero-order valence-electron chi connectivity index (χ0n) is 11.9. The van der Waals surface area contributed by atoms with E-state index in [0.717, 1.165) is 12.3 Å². The highest BCUT2D eigenvalue weighted by Gasteiger charge is 2.15. The van der Waals surface area contributed by atoms with Crippen molar-refractivity contribution >= 4 is 5.91 Å². The molecule has 1 N–H and O–H groups in total. The number of ether oxygens (including phenoxy) is 1. The van der Waals surface area contributed by atoms with Crippen LogP contribution in [0.4, 0.5) is 17.6 Å². The van der Waals surface area contributed by atoms with E-state index in [4.69, 9.17) is 5.26 Å². The molecule has 5 nitrogen and oxygen atoms in total. The van der Waals surface area contributed by atoms with Crippen LogP contribution in [0, 0.1) is 23.0 Å². The summed E-state index contributed by atoms with van der Waals surface area (Å²) in [7, 11) is 0. The molecule has 1 aromatic heterocycles. The highest BCUT2D eigenvalue weighted by molar-refractivity contribution is 5.93. The van der Waals surface area contributed by atoms with Crippen molar-refractivity contribution in [2.45, 2.75) is 13.2 Å². The summed E-state index contributed by atoms with van der Waals surface area (Å²) < 4.78 is 54.9. The fourth-order valence-electron chi connectivity index (χ4n) is 1.78. The Morgan fingerprint density at radius 1 is 1.29 bits per heavy atom. The number of halogens is 4. The third-order valence-electron chi connectivity index (χ3n) is 2.88. The van der Waals surface area contributed by atoms with E-state index >= 15 is 0 Å². The molecule has 1 amide bonds. The number of amides is 1. The first kappa shape index (κ1) is 17.2. The van der Waals surface area contributed by atoms with Gasteiger partial charge in [-0.2, -0.15) is 14.0 Å². The van der Waals surface area contributed by atoms with Gasteiger partial charge in [0.15, 0.2) is 5.82 Å². The molecule has 0 fully saturated rings. The van der Waals surface area contributed by atoms with Gasteiger partial charge >= 0.3 is 6.61 Å². The molecule has 0 saturated carbocycles. The first-order chi connectivity index (χ1) is 11.4. The van der Waals surface area contributed by atoms with Gasteiger partial charge in [0.2, 0.25) is 0 Å². The van der Waals surface area contributed by atoms with Crippen LogP contribution in [0.25, 0.3) is 0 Å². The number of hydrogen-bond donors (Lipinski definition) is 1. The van der Waals surface area contributed by atoms with Gasteiger partial charge in [-0.25, -0.2) is 13.8 Å². The maximum absolute atomic E-state index is 13.6. The number of alkyl halides is 2. The molecule has 0 unspecified atom stereocenters. The Morgan fingerprint density at radius 2 is 2.04 bits per heavy atom. The van der Waals surface area contributed by atoms with Crippen molar-refractivity contribution in [2.75, 3.05) is 0 Å². The number of rotatable bonds is 5. The van der Waals surface area contributed by atoms with Gasteiger partial charge in [0.1, 0.15) is 5.82 Å². The second-order valence-corrected chi connectivity index (χ2v) is 4.49. The van der Waals surface area contributed by atoms with Gasteiger partial charge in [-0.1, -0.05) is 0 Å². The Hall–Kier alpha value is -3.15. The zero-order valence-corrected chi connectivity index (χ0v) is 11.9. The van der Waals surface area contributed by atoms with Crippen LogP contribution in [-0.4, -0.2) is 17.5 Å². The van der Waals surface area contributed by atoms with E-state index in [9.17, 15) is 22.4 Å². The Bertz CT molecular complexity index is 806. The summed E-state index contributed by atoms with van der Waals surface area (Å²) in [4.78, 5) is 15.2. The minimum Gasteiger partial charge on any atom is -0.414 e. The number of nitrogens with zero attached hydrogens (tertiary/aromatic N) is 2. The zero-order chi connectivity index (χ0) is 17.7. The van der Waals surface area contributed by atoms with Crippen molar-refractivity contribution in [3.63, 3.8) is 0 Å². The van der Waals surface area contributed by atoms with Gasteiger partial charge in [0, 0.05) is 18.3 Å². The quantitative estimate of drug-likeness (QED) is 0.850. The number of nitrogens with one attached hydrogen (secondary N) is 1. The molecule has 0 aliphatic rings. The second kappa shape index (κ2) is 7.41. The number of carbonyl (C=O) groups is 1. The van der Waals surface area contributed by atoms with Crippen LogP contribution < -0.4 is 10.1 Å². The van der Waals surface area contributed by atoms with Crippen molar-refractivity contribution in [3.05, 3.63) is 58.8 Å². The number of carbonyl (C=O) groups excluding carboxylic acids is 1. The normalized spacial score (nSPS) is 10.3. The van der Waals surface area contributed by atoms with Crippen molar-refractivity contribution < 1.29 is 27.1 Å². The van der Waals surface area contributed by atoms with E-state index in [-0.39, 0.29) is 23.2 Å². The molecule has 24 heavy (non-hydrogen) atoms. The van der Waals surface area contributed by atoms with E-state index in [2.05, 4.69) is 15.0 Å². The summed E-state index contributed by atoms with van der Waals surface area (Å²) >= 11 is 0. The average Bonchev–Trinajstić information content (AvgIpc) is 2.55. The molecule has 0 aliphatic carbocycles. The molecular formula is C15H9F4N3O2. The lowest BCUT2D eigenvalue weighted by Crippen LogP contribution is -2.24. The van der Waals surface area contributed by atoms with Crippen LogP contribution in [0.1, 0.15) is 21.5 Å². The van der Waals surface area contributed by atoms with E-state index in [1.165, 1.54) is 12.1 Å². The fourth-order valence-corrected chi connectivity index (χ4v) is 1.78. The highest BCUT2D eigenvalue weighted by Crippen LogP contribution is 2.17. The predicted octanol–water partition coefficient (Wildman–Crippen LogP) is 2.76. The smallest absolute Gasteiger partial charge is 0.388 e. The van der Waals surface area contributed by atoms with Gasteiger partial charge in [-0.3, -0.25) is 4.79 Å². The highest BCUT2D eigenvalue weighted by atomic mass is 19.3. The van der Waals surface area contributed by atoms with Crippen LogP contribution in [0.2, 0.25) is 0 Å². The Balaban J connectivity index is 2.08. The molecule has 0 atom stereocenters. The van der Waals surface area contributed by atoms with Crippen molar-refractivity contribution in [3.8, 4) is 11.9 Å². The molecule has 0 radical (unpaired) electrons. The lowest BCUT2D eigenvalue weighted by atomic mass is 10.1. The van der Waals surface area contributed by atoms with E-state index in [1.54, 1.807) is 0 Å². The van der Waals surface area contributed by atoms with Gasteiger partial charge in [0.25, 0.3) is 11.8 Å². The van der Waals surface area contributed by atoms with Gasteiger partial charge in [-0.05, 0) is 24.3 Å². The Kier molecular flexibility index (Phi) is 5.31. The average molecular weight is 339 g/mol. The minimum atomic E-state index is -3.25. The molecule has 1 aromatic carbocycles. The number of nitriles is 1. The Labute approximate surface area is 133 Å². The molecule has 1 heterocycles. The van der Waals surface area contributed by atoms with Gasteiger partial charge in [0.05, 0.1) is 17.2 Å². The number of pyridine rings is 1. The lowest BCUT2D eigenvalue weighted by molar-refractivity contribution is -0.0553. The van der Waals surface area contributed by atoms with Crippen molar-refractivity contribution in [1.82, 2.24) is 10.3 Å². The summed E-state index contributed by atoms with van der Waals surface area (Å²) in [5.74, 6) is -3.60. The monoisotopic (exact) mass is 339 g/mol. The summed E-state index contributed by atoms with van der Waals surface area (Å²) in [5, 5.41) is 11.1. The maximum atomic E-state index is 13.6. The molecule has 2 aromatic rings. The molecule has 9 heteroatoms. The Morgan fingerprint density at radius 3 is 2.67 bits per heavy atom. The predicted molar refractivity (Wildman–Crippen MR) is 73.1 cm³/mol. The molecule has 124 valence electrons. The van der Waals surface area contributed by atoms with Crippen LogP contribution in [0.5, 0.6) is 5.88 Å². The minimum absolute atomic E-state index is 0.0634. The topological polar surface area (TPSA) is 75.0 Å². The lowest BCUT2D eigenvalue weighted by Gasteiger charge is -2.08. The molecule has 0 bridgehead atoms. The molecule has 2 rings (SSSR count). The maximum Gasteiger partial charge on any atom is 0.388 e. The summed E-state index contributed by atoms with van der Waals surface area (Å²) in [6, 6.07) is 6.12. The molecular weight excluding hydrogens is 330 g/mol. The van der Waals surface area contributed by atoms with Crippen LogP contribution >= 0.6 is 0 Å². The number of aromatic nitrogens is 1. The third kappa shape index (κ3) is 4.19. The van der Waals surface area contributed by atoms with Crippen molar-refractivity contribution in [1.29, 1.82) is 5.26 Å². The van der Waals surface area contributed by atoms with Gasteiger partial charge < -0.3 is 10.1 Å². The second-order valence-electron chi connectivity index (χ2n) is 4.49. The number of hydrogen-bond acceptors (Lipinski definition) is 4. The molecule has 0 saturated heterocycles. The van der Waals surface area contributed by atoms with Crippen LogP contribution in [0.15, 0.2) is 30.5 Å². The first-order valence-electron chi connectivity index (χ1n) is 6.47. The third-order valence-corrected chi connectivity index (χ3v) is 2.88.